The average Bonchev–Trinajstić information content (AvgIpc) is 2.64. The van der Waals surface area contributed by atoms with Crippen molar-refractivity contribution in [2.45, 2.75) is 63.9 Å². The zero-order valence-corrected chi connectivity index (χ0v) is 12.7. The molecule has 0 aliphatic heterocycles. The Bertz CT molecular complexity index is 415. The lowest BCUT2D eigenvalue weighted by molar-refractivity contribution is -0.0353. The Kier molecular flexibility index (Phi) is 5.17. The average molecular weight is 283 g/mol. The van der Waals surface area contributed by atoms with Gasteiger partial charge in [-0.25, -0.2) is 9.97 Å². The number of aryl methyl sites for hydroxylation is 1. The Balaban J connectivity index is 2.35. The summed E-state index contributed by atoms with van der Waals surface area (Å²) in [4.78, 5) is 9.16. The van der Waals surface area contributed by atoms with Crippen molar-refractivity contribution in [2.24, 2.45) is 0 Å². The molecule has 19 heavy (non-hydrogen) atoms. The number of methoxy groups -OCH3 is 1. The normalized spacial score (nSPS) is 19.1. The number of rotatable bonds is 4. The van der Waals surface area contributed by atoms with Crippen LogP contribution in [0.1, 0.15) is 63.4 Å². The first-order chi connectivity index (χ1) is 9.20. The van der Waals surface area contributed by atoms with E-state index in [1.54, 1.807) is 7.11 Å². The van der Waals surface area contributed by atoms with E-state index >= 15 is 0 Å². The van der Waals surface area contributed by atoms with Crippen LogP contribution in [0.25, 0.3) is 0 Å². The van der Waals surface area contributed by atoms with Crippen LogP contribution in [0.5, 0.6) is 0 Å². The van der Waals surface area contributed by atoms with Crippen molar-refractivity contribution in [2.75, 3.05) is 7.11 Å². The summed E-state index contributed by atoms with van der Waals surface area (Å²) in [6, 6.07) is 1.87. The highest BCUT2D eigenvalue weighted by Crippen LogP contribution is 2.37. The van der Waals surface area contributed by atoms with Crippen LogP contribution >= 0.6 is 11.6 Å². The summed E-state index contributed by atoms with van der Waals surface area (Å²) in [5.41, 5.74) is 0.697. The van der Waals surface area contributed by atoms with Gasteiger partial charge in [-0.3, -0.25) is 0 Å². The van der Waals surface area contributed by atoms with E-state index in [1.807, 2.05) is 6.07 Å². The highest BCUT2D eigenvalue weighted by atomic mass is 35.5. The van der Waals surface area contributed by atoms with Crippen LogP contribution in [0.2, 0.25) is 5.15 Å². The molecule has 0 aromatic carbocycles. The van der Waals surface area contributed by atoms with E-state index in [4.69, 9.17) is 21.3 Å². The van der Waals surface area contributed by atoms with Gasteiger partial charge in [-0.2, -0.15) is 0 Å². The quantitative estimate of drug-likeness (QED) is 0.611. The van der Waals surface area contributed by atoms with Gasteiger partial charge in [0.05, 0.1) is 0 Å². The first-order valence-electron chi connectivity index (χ1n) is 7.29. The lowest BCUT2D eigenvalue weighted by Gasteiger charge is -2.30. The largest absolute Gasteiger partial charge is 0.370 e. The molecule has 1 fully saturated rings. The molecule has 1 aromatic heterocycles. The first-order valence-corrected chi connectivity index (χ1v) is 7.67. The second-order valence-electron chi connectivity index (χ2n) is 5.37. The Morgan fingerprint density at radius 1 is 1.21 bits per heavy atom. The highest BCUT2D eigenvalue weighted by Gasteiger charge is 2.36. The molecule has 1 heterocycles. The predicted octanol–water partition coefficient (Wildman–Crippen LogP) is 4.28. The molecule has 0 unspecified atom stereocenters. The standard InChI is InChI=1S/C15H23ClN2O/c1-3-8-12-11-13(16)18-14(17-12)15(19-2)9-6-4-5-7-10-15/h11H,3-10H2,1-2H3. The van der Waals surface area contributed by atoms with Gasteiger partial charge in [0.2, 0.25) is 0 Å². The molecular formula is C15H23ClN2O. The molecule has 0 N–H and O–H groups in total. The third-order valence-electron chi connectivity index (χ3n) is 3.96. The molecule has 106 valence electrons. The Hall–Kier alpha value is -0.670. The topological polar surface area (TPSA) is 35.0 Å². The van der Waals surface area contributed by atoms with Crippen LogP contribution in [0.4, 0.5) is 0 Å². The maximum Gasteiger partial charge on any atom is 0.162 e. The molecule has 2 rings (SSSR count). The van der Waals surface area contributed by atoms with E-state index in [2.05, 4.69) is 11.9 Å². The summed E-state index contributed by atoms with van der Waals surface area (Å²) >= 11 is 6.16. The van der Waals surface area contributed by atoms with Gasteiger partial charge in [-0.05, 0) is 25.3 Å². The number of hydrogen-bond donors (Lipinski definition) is 0. The van der Waals surface area contributed by atoms with Gasteiger partial charge >= 0.3 is 0 Å². The molecule has 1 aliphatic rings. The minimum atomic E-state index is -0.329. The number of hydrogen-bond acceptors (Lipinski definition) is 3. The van der Waals surface area contributed by atoms with Crippen molar-refractivity contribution in [3.63, 3.8) is 0 Å². The van der Waals surface area contributed by atoms with Gasteiger partial charge in [0.15, 0.2) is 5.82 Å². The van der Waals surface area contributed by atoms with Gasteiger partial charge in [-0.15, -0.1) is 0 Å². The Morgan fingerprint density at radius 2 is 1.89 bits per heavy atom. The Labute approximate surface area is 120 Å². The highest BCUT2D eigenvalue weighted by molar-refractivity contribution is 6.29. The summed E-state index contributed by atoms with van der Waals surface area (Å²) in [5.74, 6) is 0.785. The zero-order chi connectivity index (χ0) is 13.7. The summed E-state index contributed by atoms with van der Waals surface area (Å²) in [6.45, 7) is 2.15. The molecule has 0 saturated heterocycles. The van der Waals surface area contributed by atoms with Gasteiger partial charge < -0.3 is 4.74 Å². The fourth-order valence-corrected chi connectivity index (χ4v) is 3.08. The molecular weight excluding hydrogens is 260 g/mol. The number of aromatic nitrogens is 2. The molecule has 0 amide bonds. The molecule has 3 nitrogen and oxygen atoms in total. The first kappa shape index (κ1) is 14.7. The van der Waals surface area contributed by atoms with E-state index in [9.17, 15) is 0 Å². The second-order valence-corrected chi connectivity index (χ2v) is 5.76. The number of ether oxygens (including phenoxy) is 1. The number of halogens is 1. The van der Waals surface area contributed by atoms with Crippen molar-refractivity contribution in [1.29, 1.82) is 0 Å². The summed E-state index contributed by atoms with van der Waals surface area (Å²) in [6.07, 6.45) is 8.88. The minimum absolute atomic E-state index is 0.329. The SMILES string of the molecule is CCCc1cc(Cl)nc(C2(OC)CCCCCC2)n1. The van der Waals surface area contributed by atoms with Crippen LogP contribution in [0, 0.1) is 0 Å². The van der Waals surface area contributed by atoms with Gasteiger partial charge in [0.25, 0.3) is 0 Å². The van der Waals surface area contributed by atoms with E-state index < -0.39 is 0 Å². The fourth-order valence-electron chi connectivity index (χ4n) is 2.87. The molecule has 4 heteroatoms. The van der Waals surface area contributed by atoms with Crippen LogP contribution in [0.3, 0.4) is 0 Å². The maximum absolute atomic E-state index is 6.16. The third kappa shape index (κ3) is 3.46. The lowest BCUT2D eigenvalue weighted by Crippen LogP contribution is -2.30. The van der Waals surface area contributed by atoms with Crippen molar-refractivity contribution < 1.29 is 4.74 Å². The monoisotopic (exact) mass is 282 g/mol. The summed E-state index contributed by atoms with van der Waals surface area (Å²) in [5, 5.41) is 0.536. The second kappa shape index (κ2) is 6.67. The van der Waals surface area contributed by atoms with Gasteiger partial charge in [0, 0.05) is 12.8 Å². The molecule has 1 aromatic rings. The fraction of sp³-hybridized carbons (Fsp3) is 0.733. The van der Waals surface area contributed by atoms with Crippen LogP contribution < -0.4 is 0 Å². The lowest BCUT2D eigenvalue weighted by atomic mass is 9.93. The Morgan fingerprint density at radius 3 is 2.47 bits per heavy atom. The van der Waals surface area contributed by atoms with Gasteiger partial charge in [0.1, 0.15) is 10.8 Å². The number of nitrogens with zero attached hydrogens (tertiary/aromatic N) is 2. The predicted molar refractivity (Wildman–Crippen MR) is 77.4 cm³/mol. The maximum atomic E-state index is 6.16. The zero-order valence-electron chi connectivity index (χ0n) is 11.9. The smallest absolute Gasteiger partial charge is 0.162 e. The van der Waals surface area contributed by atoms with Crippen molar-refractivity contribution >= 4 is 11.6 Å². The molecule has 0 spiro atoms. The van der Waals surface area contributed by atoms with Crippen LogP contribution in [-0.2, 0) is 16.8 Å². The van der Waals surface area contributed by atoms with Crippen molar-refractivity contribution in [1.82, 2.24) is 9.97 Å². The van der Waals surface area contributed by atoms with Crippen molar-refractivity contribution in [3.8, 4) is 0 Å². The van der Waals surface area contributed by atoms with E-state index in [1.165, 1.54) is 25.7 Å². The molecule has 0 bridgehead atoms. The summed E-state index contributed by atoms with van der Waals surface area (Å²) in [7, 11) is 1.77. The van der Waals surface area contributed by atoms with Crippen molar-refractivity contribution in [3.05, 3.63) is 22.7 Å². The molecule has 1 saturated carbocycles. The molecule has 0 atom stereocenters. The van der Waals surface area contributed by atoms with E-state index in [0.717, 1.165) is 37.2 Å². The van der Waals surface area contributed by atoms with E-state index in [0.29, 0.717) is 5.15 Å². The van der Waals surface area contributed by atoms with E-state index in [-0.39, 0.29) is 5.60 Å². The minimum Gasteiger partial charge on any atom is -0.370 e. The third-order valence-corrected chi connectivity index (χ3v) is 4.16. The molecule has 0 radical (unpaired) electrons. The van der Waals surface area contributed by atoms with Gasteiger partial charge in [-0.1, -0.05) is 50.6 Å². The summed E-state index contributed by atoms with van der Waals surface area (Å²) < 4.78 is 5.85. The van der Waals surface area contributed by atoms with Crippen LogP contribution in [0.15, 0.2) is 6.07 Å². The van der Waals surface area contributed by atoms with Crippen LogP contribution in [-0.4, -0.2) is 17.1 Å². The molecule has 1 aliphatic carbocycles.